The van der Waals surface area contributed by atoms with Crippen LogP contribution in [0, 0.1) is 0 Å². The van der Waals surface area contributed by atoms with Gasteiger partial charge in [0, 0.05) is 6.42 Å². The molecule has 0 saturated carbocycles. The average Bonchev–Trinajstić information content (AvgIpc) is 2.52. The molecule has 0 amide bonds. The van der Waals surface area contributed by atoms with E-state index in [0.717, 1.165) is 25.7 Å². The zero-order valence-corrected chi connectivity index (χ0v) is 13.7. The minimum atomic E-state index is -2.29. The minimum Gasteiger partial charge on any atom is -0.394 e. The van der Waals surface area contributed by atoms with Crippen LogP contribution in [-0.2, 0) is 9.53 Å². The van der Waals surface area contributed by atoms with Crippen LogP contribution in [0.3, 0.4) is 0 Å². The third kappa shape index (κ3) is 5.77. The lowest BCUT2D eigenvalue weighted by Crippen LogP contribution is -2.65. The van der Waals surface area contributed by atoms with Crippen molar-refractivity contribution < 1.29 is 35.1 Å². The highest BCUT2D eigenvalue weighted by molar-refractivity contribution is 5.79. The van der Waals surface area contributed by atoms with Crippen LogP contribution in [0.5, 0.6) is 0 Å². The Hall–Kier alpha value is -0.570. The van der Waals surface area contributed by atoms with Crippen LogP contribution in [0.25, 0.3) is 0 Å². The maximum atomic E-state index is 12.0. The molecule has 0 bridgehead atoms. The highest BCUT2D eigenvalue weighted by atomic mass is 16.7. The monoisotopic (exact) mass is 334 g/mol. The summed E-state index contributed by atoms with van der Waals surface area (Å²) in [6.07, 6.45) is -0.349. The maximum absolute atomic E-state index is 12.0. The van der Waals surface area contributed by atoms with Gasteiger partial charge in [-0.2, -0.15) is 0 Å². The number of Topliss-reactive ketones (excluding diaryl/α,β-unsaturated/α-hetero) is 1. The molecule has 1 saturated heterocycles. The summed E-state index contributed by atoms with van der Waals surface area (Å²) >= 11 is 0. The molecule has 0 radical (unpaired) electrons. The Labute approximate surface area is 136 Å². The normalized spacial score (nSPS) is 34.5. The van der Waals surface area contributed by atoms with Crippen molar-refractivity contribution in [3.8, 4) is 0 Å². The Bertz CT molecular complexity index is 360. The molecule has 0 unspecified atom stereocenters. The van der Waals surface area contributed by atoms with Gasteiger partial charge in [0.1, 0.15) is 30.2 Å². The van der Waals surface area contributed by atoms with Crippen molar-refractivity contribution in [1.82, 2.24) is 0 Å². The first-order chi connectivity index (χ1) is 10.9. The SMILES string of the molecule is CCCCCCCCC(=O)C[C@]1(O)O[C@H](CO)[C@@H](O)[C@H](O)[C@H]1O. The Morgan fingerprint density at radius 3 is 2.26 bits per heavy atom. The van der Waals surface area contributed by atoms with Gasteiger partial charge in [-0.1, -0.05) is 39.0 Å². The predicted octanol–water partition coefficient (Wildman–Crippen LogP) is -0.141. The third-order valence-corrected chi connectivity index (χ3v) is 4.31. The molecule has 0 spiro atoms. The number of carbonyl (C=O) groups excluding carboxylic acids is 1. The number of ketones is 1. The lowest BCUT2D eigenvalue weighted by molar-refractivity contribution is -0.347. The Morgan fingerprint density at radius 2 is 1.65 bits per heavy atom. The van der Waals surface area contributed by atoms with E-state index >= 15 is 0 Å². The van der Waals surface area contributed by atoms with Gasteiger partial charge in [0.05, 0.1) is 13.0 Å². The Balaban J connectivity index is 2.45. The highest BCUT2D eigenvalue weighted by Crippen LogP contribution is 2.31. The predicted molar refractivity (Wildman–Crippen MR) is 82.5 cm³/mol. The molecule has 7 nitrogen and oxygen atoms in total. The van der Waals surface area contributed by atoms with Crippen molar-refractivity contribution in [3.05, 3.63) is 0 Å². The minimum absolute atomic E-state index is 0.257. The van der Waals surface area contributed by atoms with Crippen LogP contribution in [0.4, 0.5) is 0 Å². The molecule has 136 valence electrons. The van der Waals surface area contributed by atoms with Gasteiger partial charge >= 0.3 is 0 Å². The van der Waals surface area contributed by atoms with Gasteiger partial charge in [-0.25, -0.2) is 0 Å². The topological polar surface area (TPSA) is 127 Å². The van der Waals surface area contributed by atoms with E-state index in [2.05, 4.69) is 6.92 Å². The molecule has 23 heavy (non-hydrogen) atoms. The standard InChI is InChI=1S/C16H30O7/c1-2-3-4-5-6-7-8-11(18)9-16(22)15(21)14(20)13(19)12(10-17)23-16/h12-15,17,19-22H,2-10H2,1H3/t12-,13-,14+,15-,16+/m1/s1. The van der Waals surface area contributed by atoms with E-state index in [9.17, 15) is 25.2 Å². The summed E-state index contributed by atoms with van der Waals surface area (Å²) in [4.78, 5) is 12.0. The van der Waals surface area contributed by atoms with Crippen molar-refractivity contribution in [3.63, 3.8) is 0 Å². The number of carbonyl (C=O) groups is 1. The summed E-state index contributed by atoms with van der Waals surface area (Å²) in [5.74, 6) is -2.58. The molecule has 1 fully saturated rings. The summed E-state index contributed by atoms with van der Waals surface area (Å²) in [5.41, 5.74) is 0. The first-order valence-corrected chi connectivity index (χ1v) is 8.42. The van der Waals surface area contributed by atoms with Crippen LogP contribution in [-0.4, -0.2) is 68.1 Å². The second-order valence-corrected chi connectivity index (χ2v) is 6.34. The third-order valence-electron chi connectivity index (χ3n) is 4.31. The fraction of sp³-hybridized carbons (Fsp3) is 0.938. The van der Waals surface area contributed by atoms with Crippen LogP contribution in [0.15, 0.2) is 0 Å². The molecule has 7 heteroatoms. The molecule has 0 aromatic rings. The number of aliphatic hydroxyl groups excluding tert-OH is 4. The number of hydrogen-bond acceptors (Lipinski definition) is 7. The molecular weight excluding hydrogens is 304 g/mol. The molecule has 0 aromatic carbocycles. The van der Waals surface area contributed by atoms with Crippen molar-refractivity contribution in [2.24, 2.45) is 0 Å². The van der Waals surface area contributed by atoms with Crippen LogP contribution in [0.2, 0.25) is 0 Å². The first-order valence-electron chi connectivity index (χ1n) is 8.42. The summed E-state index contributed by atoms with van der Waals surface area (Å²) in [5, 5.41) is 48.6. The van der Waals surface area contributed by atoms with Gasteiger partial charge in [0.25, 0.3) is 0 Å². The second kappa shape index (κ2) is 9.66. The largest absolute Gasteiger partial charge is 0.394 e. The number of aliphatic hydroxyl groups is 5. The number of rotatable bonds is 10. The van der Waals surface area contributed by atoms with E-state index in [1.165, 1.54) is 6.42 Å². The number of unbranched alkanes of at least 4 members (excludes halogenated alkanes) is 5. The summed E-state index contributed by atoms with van der Waals surface area (Å²) in [7, 11) is 0. The Kier molecular flexibility index (Phi) is 8.60. The van der Waals surface area contributed by atoms with Gasteiger partial charge in [-0.15, -0.1) is 0 Å². The molecule has 1 rings (SSSR count). The molecule has 0 aromatic heterocycles. The van der Waals surface area contributed by atoms with E-state index in [0.29, 0.717) is 6.42 Å². The van der Waals surface area contributed by atoms with Crippen molar-refractivity contribution >= 4 is 5.78 Å². The van der Waals surface area contributed by atoms with Gasteiger partial charge in [0.2, 0.25) is 5.79 Å². The van der Waals surface area contributed by atoms with Gasteiger partial charge in [-0.05, 0) is 6.42 Å². The van der Waals surface area contributed by atoms with Crippen LogP contribution < -0.4 is 0 Å². The first kappa shape index (κ1) is 20.5. The molecule has 0 aliphatic carbocycles. The maximum Gasteiger partial charge on any atom is 0.202 e. The summed E-state index contributed by atoms with van der Waals surface area (Å²) < 4.78 is 5.07. The lowest BCUT2D eigenvalue weighted by atomic mass is 9.89. The van der Waals surface area contributed by atoms with Crippen LogP contribution >= 0.6 is 0 Å². The van der Waals surface area contributed by atoms with Gasteiger partial charge < -0.3 is 30.3 Å². The smallest absolute Gasteiger partial charge is 0.202 e. The zero-order chi connectivity index (χ0) is 17.5. The van der Waals surface area contributed by atoms with Crippen molar-refractivity contribution in [2.75, 3.05) is 6.61 Å². The van der Waals surface area contributed by atoms with Gasteiger partial charge in [0.15, 0.2) is 0 Å². The molecular formula is C16H30O7. The van der Waals surface area contributed by atoms with Crippen LogP contribution in [0.1, 0.15) is 58.3 Å². The second-order valence-electron chi connectivity index (χ2n) is 6.34. The lowest BCUT2D eigenvalue weighted by Gasteiger charge is -2.45. The van der Waals surface area contributed by atoms with E-state index < -0.39 is 43.2 Å². The fourth-order valence-electron chi connectivity index (χ4n) is 2.84. The van der Waals surface area contributed by atoms with Crippen molar-refractivity contribution in [2.45, 2.75) is 88.5 Å². The zero-order valence-electron chi connectivity index (χ0n) is 13.7. The van der Waals surface area contributed by atoms with Gasteiger partial charge in [-0.3, -0.25) is 4.79 Å². The van der Waals surface area contributed by atoms with Crippen molar-refractivity contribution in [1.29, 1.82) is 0 Å². The molecule has 1 heterocycles. The molecule has 5 atom stereocenters. The molecule has 1 aliphatic rings. The van der Waals surface area contributed by atoms with E-state index in [-0.39, 0.29) is 12.2 Å². The Morgan fingerprint density at radius 1 is 1.04 bits per heavy atom. The van der Waals surface area contributed by atoms with E-state index in [1.54, 1.807) is 0 Å². The summed E-state index contributed by atoms with van der Waals surface area (Å²) in [6.45, 7) is 1.49. The number of ether oxygens (including phenoxy) is 1. The quantitative estimate of drug-likeness (QED) is 0.352. The summed E-state index contributed by atoms with van der Waals surface area (Å²) in [6, 6.07) is 0. The molecule has 5 N–H and O–H groups in total. The van der Waals surface area contributed by atoms with E-state index in [1.807, 2.05) is 0 Å². The number of hydrogen-bond donors (Lipinski definition) is 5. The average molecular weight is 334 g/mol. The fourth-order valence-corrected chi connectivity index (χ4v) is 2.84. The van der Waals surface area contributed by atoms with E-state index in [4.69, 9.17) is 9.84 Å². The highest BCUT2D eigenvalue weighted by Gasteiger charge is 2.53. The molecule has 1 aliphatic heterocycles.